The highest BCUT2D eigenvalue weighted by molar-refractivity contribution is 9.12. The van der Waals surface area contributed by atoms with Crippen molar-refractivity contribution in [2.45, 2.75) is 6.42 Å². The standard InChI is InChI=1S/C4H4BrNO2/c5-3-1-2-4(7)8-6/h2,6H2. The molecule has 0 unspecified atom stereocenters. The summed E-state index contributed by atoms with van der Waals surface area (Å²) < 4.78 is 0. The van der Waals surface area contributed by atoms with Crippen LogP contribution in [0.2, 0.25) is 0 Å². The van der Waals surface area contributed by atoms with Gasteiger partial charge in [-0.1, -0.05) is 5.92 Å². The topological polar surface area (TPSA) is 52.3 Å². The van der Waals surface area contributed by atoms with Gasteiger partial charge in [-0.05, 0) is 4.83 Å². The van der Waals surface area contributed by atoms with E-state index in [0.717, 1.165) is 0 Å². The summed E-state index contributed by atoms with van der Waals surface area (Å²) in [4.78, 5) is 16.2. The van der Waals surface area contributed by atoms with Gasteiger partial charge in [0.05, 0.1) is 0 Å². The molecule has 0 rings (SSSR count). The molecule has 0 aromatic carbocycles. The first-order chi connectivity index (χ1) is 3.81. The Labute approximate surface area is 55.3 Å². The fraction of sp³-hybridized carbons (Fsp3) is 0.250. The lowest BCUT2D eigenvalue weighted by Crippen LogP contribution is -2.07. The van der Waals surface area contributed by atoms with Gasteiger partial charge >= 0.3 is 5.97 Å². The summed E-state index contributed by atoms with van der Waals surface area (Å²) in [5.74, 6) is 6.36. The zero-order valence-corrected chi connectivity index (χ0v) is 5.56. The van der Waals surface area contributed by atoms with Gasteiger partial charge in [0.15, 0.2) is 0 Å². The third-order valence-electron chi connectivity index (χ3n) is 0.431. The largest absolute Gasteiger partial charge is 0.373 e. The molecule has 0 bridgehead atoms. The maximum Gasteiger partial charge on any atom is 0.336 e. The van der Waals surface area contributed by atoms with Crippen molar-refractivity contribution < 1.29 is 9.63 Å². The fourth-order valence-corrected chi connectivity index (χ4v) is 0.287. The zero-order chi connectivity index (χ0) is 6.41. The molecule has 0 aliphatic rings. The van der Waals surface area contributed by atoms with Crippen LogP contribution in [0.15, 0.2) is 0 Å². The SMILES string of the molecule is NOC(=O)CC#CBr. The van der Waals surface area contributed by atoms with E-state index in [-0.39, 0.29) is 6.42 Å². The van der Waals surface area contributed by atoms with Gasteiger partial charge in [0.25, 0.3) is 0 Å². The summed E-state index contributed by atoms with van der Waals surface area (Å²) in [7, 11) is 0. The number of carbonyl (C=O) groups is 1. The van der Waals surface area contributed by atoms with Crippen LogP contribution in [0.5, 0.6) is 0 Å². The van der Waals surface area contributed by atoms with Gasteiger partial charge in [0.2, 0.25) is 0 Å². The molecule has 0 saturated heterocycles. The molecule has 3 nitrogen and oxygen atoms in total. The Morgan fingerprint density at radius 1 is 1.88 bits per heavy atom. The molecule has 0 heterocycles. The van der Waals surface area contributed by atoms with Crippen molar-refractivity contribution in [2.24, 2.45) is 5.90 Å². The Morgan fingerprint density at radius 2 is 2.50 bits per heavy atom. The van der Waals surface area contributed by atoms with E-state index >= 15 is 0 Å². The van der Waals surface area contributed by atoms with Gasteiger partial charge in [-0.15, -0.1) is 0 Å². The van der Waals surface area contributed by atoms with Gasteiger partial charge in [-0.3, -0.25) is 0 Å². The van der Waals surface area contributed by atoms with E-state index in [1.807, 2.05) is 0 Å². The van der Waals surface area contributed by atoms with Crippen molar-refractivity contribution in [1.82, 2.24) is 0 Å². The smallest absolute Gasteiger partial charge is 0.336 e. The number of nitrogens with two attached hydrogens (primary N) is 1. The van der Waals surface area contributed by atoms with Crippen LogP contribution in [0.4, 0.5) is 0 Å². The molecule has 0 atom stereocenters. The summed E-state index contributed by atoms with van der Waals surface area (Å²) in [5, 5.41) is 0. The highest BCUT2D eigenvalue weighted by atomic mass is 79.9. The summed E-state index contributed by atoms with van der Waals surface area (Å²) in [5.41, 5.74) is 0. The van der Waals surface area contributed by atoms with E-state index in [0.29, 0.717) is 0 Å². The second-order valence-electron chi connectivity index (χ2n) is 0.938. The van der Waals surface area contributed by atoms with Gasteiger partial charge in [0.1, 0.15) is 6.42 Å². The van der Waals surface area contributed by atoms with Crippen LogP contribution in [0.1, 0.15) is 6.42 Å². The minimum absolute atomic E-state index is 0.0295. The summed E-state index contributed by atoms with van der Waals surface area (Å²) in [6, 6.07) is 0. The second kappa shape index (κ2) is 4.62. The lowest BCUT2D eigenvalue weighted by Gasteiger charge is -1.86. The normalized spacial score (nSPS) is 6.75. The van der Waals surface area contributed by atoms with Gasteiger partial charge in [0, 0.05) is 15.9 Å². The molecule has 0 spiro atoms. The Kier molecular flexibility index (Phi) is 4.32. The van der Waals surface area contributed by atoms with Gasteiger partial charge < -0.3 is 4.84 Å². The van der Waals surface area contributed by atoms with Crippen molar-refractivity contribution in [3.05, 3.63) is 0 Å². The van der Waals surface area contributed by atoms with Crippen molar-refractivity contribution in [3.8, 4) is 10.8 Å². The predicted octanol–water partition coefficient (Wildman–Crippen LogP) is 0.149. The van der Waals surface area contributed by atoms with E-state index in [1.165, 1.54) is 0 Å². The maximum absolute atomic E-state index is 10.1. The number of rotatable bonds is 1. The maximum atomic E-state index is 10.1. The van der Waals surface area contributed by atoms with Crippen molar-refractivity contribution >= 4 is 21.9 Å². The summed E-state index contributed by atoms with van der Waals surface area (Å²) in [6.07, 6.45) is 0.0295. The number of hydrogen-bond donors (Lipinski definition) is 1. The van der Waals surface area contributed by atoms with Crippen LogP contribution in [0.3, 0.4) is 0 Å². The first kappa shape index (κ1) is 7.47. The van der Waals surface area contributed by atoms with E-state index in [1.54, 1.807) is 0 Å². The number of hydrogen-bond acceptors (Lipinski definition) is 3. The first-order valence-corrected chi connectivity index (χ1v) is 2.58. The van der Waals surface area contributed by atoms with Crippen LogP contribution in [0.25, 0.3) is 0 Å². The van der Waals surface area contributed by atoms with E-state index in [9.17, 15) is 4.79 Å². The van der Waals surface area contributed by atoms with E-state index < -0.39 is 5.97 Å². The molecule has 2 N–H and O–H groups in total. The summed E-state index contributed by atoms with van der Waals surface area (Å²) >= 11 is 2.80. The number of carbonyl (C=O) groups excluding carboxylic acids is 1. The van der Waals surface area contributed by atoms with Crippen molar-refractivity contribution in [1.29, 1.82) is 0 Å². The molecule has 4 heteroatoms. The molecular weight excluding hydrogens is 174 g/mol. The first-order valence-electron chi connectivity index (χ1n) is 1.79. The van der Waals surface area contributed by atoms with Crippen LogP contribution in [-0.2, 0) is 9.63 Å². The average Bonchev–Trinajstić information content (AvgIpc) is 1.83. The van der Waals surface area contributed by atoms with E-state index in [2.05, 4.69) is 37.4 Å². The molecule has 44 valence electrons. The fourth-order valence-electron chi connectivity index (χ4n) is 0.147. The molecular formula is C4H4BrNO2. The third-order valence-corrected chi connectivity index (χ3v) is 0.711. The molecule has 0 fully saturated rings. The Bertz CT molecular complexity index is 135. The third kappa shape index (κ3) is 3.65. The van der Waals surface area contributed by atoms with Gasteiger partial charge in [-0.2, -0.15) is 5.90 Å². The molecule has 0 radical (unpaired) electrons. The van der Waals surface area contributed by atoms with Crippen molar-refractivity contribution in [3.63, 3.8) is 0 Å². The Morgan fingerprint density at radius 3 is 2.88 bits per heavy atom. The molecule has 0 saturated carbocycles. The molecule has 0 aromatic rings. The average molecular weight is 178 g/mol. The van der Waals surface area contributed by atoms with Crippen LogP contribution in [-0.4, -0.2) is 5.97 Å². The molecule has 8 heavy (non-hydrogen) atoms. The second-order valence-corrected chi connectivity index (χ2v) is 1.33. The highest BCUT2D eigenvalue weighted by Gasteiger charge is 1.92. The number of halogens is 1. The highest BCUT2D eigenvalue weighted by Crippen LogP contribution is 1.79. The van der Waals surface area contributed by atoms with E-state index in [4.69, 9.17) is 0 Å². The van der Waals surface area contributed by atoms with Crippen LogP contribution >= 0.6 is 15.9 Å². The molecule has 0 aliphatic carbocycles. The van der Waals surface area contributed by atoms with Crippen molar-refractivity contribution in [2.75, 3.05) is 0 Å². The zero-order valence-electron chi connectivity index (χ0n) is 3.98. The minimum atomic E-state index is -0.531. The Balaban J connectivity index is 3.35. The lowest BCUT2D eigenvalue weighted by atomic mass is 10.5. The monoisotopic (exact) mass is 177 g/mol. The quantitative estimate of drug-likeness (QED) is 0.459. The Hall–Kier alpha value is -0.530. The predicted molar refractivity (Wildman–Crippen MR) is 31.6 cm³/mol. The summed E-state index contributed by atoms with van der Waals surface area (Å²) in [6.45, 7) is 0. The van der Waals surface area contributed by atoms with Crippen LogP contribution < -0.4 is 5.90 Å². The van der Waals surface area contributed by atoms with Gasteiger partial charge in [-0.25, -0.2) is 4.79 Å². The minimum Gasteiger partial charge on any atom is -0.373 e. The molecule has 0 aliphatic heterocycles. The molecule has 0 amide bonds. The van der Waals surface area contributed by atoms with Crippen LogP contribution in [0, 0.1) is 10.8 Å². The molecule has 0 aromatic heterocycles. The lowest BCUT2D eigenvalue weighted by molar-refractivity contribution is -0.142.